The van der Waals surface area contributed by atoms with Gasteiger partial charge in [0.2, 0.25) is 0 Å². The molecule has 0 aliphatic rings. The summed E-state index contributed by atoms with van der Waals surface area (Å²) in [6.07, 6.45) is 2.68. The van der Waals surface area contributed by atoms with Crippen LogP contribution in [0.1, 0.15) is 11.3 Å². The first-order valence-electron chi connectivity index (χ1n) is 4.45. The van der Waals surface area contributed by atoms with Crippen LogP contribution in [0, 0.1) is 23.9 Å². The van der Waals surface area contributed by atoms with Crippen LogP contribution in [0.2, 0.25) is 0 Å². The first-order valence-corrected chi connectivity index (χ1v) is 4.45. The minimum atomic E-state index is -0.283. The molecule has 0 spiro atoms. The topological polar surface area (TPSA) is 12.9 Å². The maximum atomic E-state index is 12.8. The molecule has 1 aromatic carbocycles. The standard InChI is InChI=1S/C13H7FN/c14-12-5-3-4-11(10-12)7-8-13-6-1-2-9-15-13/h1-6,10H. The van der Waals surface area contributed by atoms with Crippen molar-refractivity contribution < 1.29 is 4.39 Å². The molecular weight excluding hydrogens is 189 g/mol. The van der Waals surface area contributed by atoms with Gasteiger partial charge in [0.1, 0.15) is 11.5 Å². The zero-order valence-corrected chi connectivity index (χ0v) is 7.87. The SMILES string of the molecule is Fc1cccc(C#Cc2ccc[c]n2)c1. The summed E-state index contributed by atoms with van der Waals surface area (Å²) in [5.41, 5.74) is 1.27. The fourth-order valence-electron chi connectivity index (χ4n) is 1.10. The molecule has 0 saturated heterocycles. The number of aromatic nitrogens is 1. The van der Waals surface area contributed by atoms with E-state index in [0.29, 0.717) is 11.3 Å². The van der Waals surface area contributed by atoms with Crippen molar-refractivity contribution in [2.24, 2.45) is 0 Å². The first-order chi connectivity index (χ1) is 7.34. The molecule has 0 atom stereocenters. The first kappa shape index (κ1) is 9.42. The second-order valence-corrected chi connectivity index (χ2v) is 2.91. The minimum Gasteiger partial charge on any atom is -0.238 e. The number of hydrogen-bond acceptors (Lipinski definition) is 1. The zero-order chi connectivity index (χ0) is 10.5. The van der Waals surface area contributed by atoms with E-state index in [2.05, 4.69) is 23.0 Å². The third kappa shape index (κ3) is 2.65. The van der Waals surface area contributed by atoms with Crippen molar-refractivity contribution in [3.05, 3.63) is 65.7 Å². The van der Waals surface area contributed by atoms with Crippen LogP contribution in [-0.4, -0.2) is 4.98 Å². The number of rotatable bonds is 0. The smallest absolute Gasteiger partial charge is 0.124 e. The molecular formula is C13H7FN. The van der Waals surface area contributed by atoms with Crippen molar-refractivity contribution in [2.45, 2.75) is 0 Å². The van der Waals surface area contributed by atoms with Gasteiger partial charge >= 0.3 is 0 Å². The third-order valence-electron chi connectivity index (χ3n) is 1.77. The second-order valence-electron chi connectivity index (χ2n) is 2.91. The van der Waals surface area contributed by atoms with E-state index >= 15 is 0 Å². The lowest BCUT2D eigenvalue weighted by molar-refractivity contribution is 0.627. The van der Waals surface area contributed by atoms with E-state index < -0.39 is 0 Å². The molecule has 1 radical (unpaired) electrons. The largest absolute Gasteiger partial charge is 0.238 e. The summed E-state index contributed by atoms with van der Waals surface area (Å²) >= 11 is 0. The highest BCUT2D eigenvalue weighted by molar-refractivity contribution is 5.39. The fourth-order valence-corrected chi connectivity index (χ4v) is 1.10. The lowest BCUT2D eigenvalue weighted by Gasteiger charge is -1.89. The molecule has 2 heteroatoms. The van der Waals surface area contributed by atoms with Crippen molar-refractivity contribution >= 4 is 0 Å². The number of nitrogens with zero attached hydrogens (tertiary/aromatic N) is 1. The number of benzene rings is 1. The van der Waals surface area contributed by atoms with Crippen LogP contribution in [0.3, 0.4) is 0 Å². The van der Waals surface area contributed by atoms with Gasteiger partial charge in [-0.2, -0.15) is 0 Å². The van der Waals surface area contributed by atoms with Crippen molar-refractivity contribution in [3.8, 4) is 11.8 Å². The molecule has 2 rings (SSSR count). The highest BCUT2D eigenvalue weighted by Gasteiger charge is 1.90. The van der Waals surface area contributed by atoms with E-state index in [9.17, 15) is 4.39 Å². The van der Waals surface area contributed by atoms with Gasteiger partial charge in [0.05, 0.1) is 6.20 Å². The predicted octanol–water partition coefficient (Wildman–Crippen LogP) is 2.42. The van der Waals surface area contributed by atoms with Gasteiger partial charge in [-0.1, -0.05) is 18.1 Å². The molecule has 1 heterocycles. The molecule has 1 aromatic heterocycles. The van der Waals surface area contributed by atoms with Gasteiger partial charge in [0.25, 0.3) is 0 Å². The van der Waals surface area contributed by atoms with Crippen LogP contribution in [0.5, 0.6) is 0 Å². The molecule has 0 bridgehead atoms. The summed E-state index contributed by atoms with van der Waals surface area (Å²) in [4.78, 5) is 3.92. The molecule has 2 aromatic rings. The second kappa shape index (κ2) is 4.39. The van der Waals surface area contributed by atoms with E-state index in [-0.39, 0.29) is 5.82 Å². The molecule has 0 aliphatic heterocycles. The lowest BCUT2D eigenvalue weighted by atomic mass is 10.2. The molecule has 71 valence electrons. The maximum Gasteiger partial charge on any atom is 0.124 e. The Kier molecular flexibility index (Phi) is 2.75. The molecule has 0 fully saturated rings. The monoisotopic (exact) mass is 196 g/mol. The average Bonchev–Trinajstić information content (AvgIpc) is 2.28. The molecule has 1 nitrogen and oxygen atoms in total. The lowest BCUT2D eigenvalue weighted by Crippen LogP contribution is -1.80. The van der Waals surface area contributed by atoms with Crippen LogP contribution in [0.15, 0.2) is 42.5 Å². The molecule has 15 heavy (non-hydrogen) atoms. The Balaban J connectivity index is 2.26. The van der Waals surface area contributed by atoms with Gasteiger partial charge in [-0.05, 0) is 36.3 Å². The quantitative estimate of drug-likeness (QED) is 0.590. The number of hydrogen-bond donors (Lipinski definition) is 0. The molecule has 0 amide bonds. The zero-order valence-electron chi connectivity index (χ0n) is 7.87. The average molecular weight is 196 g/mol. The van der Waals surface area contributed by atoms with Gasteiger partial charge < -0.3 is 0 Å². The van der Waals surface area contributed by atoms with E-state index in [0.717, 1.165) is 0 Å². The normalized spacial score (nSPS) is 9.13. The van der Waals surface area contributed by atoms with Crippen LogP contribution < -0.4 is 0 Å². The Morgan fingerprint density at radius 2 is 2.07 bits per heavy atom. The van der Waals surface area contributed by atoms with Gasteiger partial charge in [-0.15, -0.1) is 0 Å². The fraction of sp³-hybridized carbons (Fsp3) is 0. The molecule has 0 saturated carbocycles. The Morgan fingerprint density at radius 3 is 2.80 bits per heavy atom. The van der Waals surface area contributed by atoms with Gasteiger partial charge in [0, 0.05) is 5.56 Å². The summed E-state index contributed by atoms with van der Waals surface area (Å²) in [7, 11) is 0. The Morgan fingerprint density at radius 1 is 1.13 bits per heavy atom. The number of pyridine rings is 1. The van der Waals surface area contributed by atoms with Gasteiger partial charge in [-0.25, -0.2) is 9.37 Å². The Labute approximate surface area is 87.6 Å². The summed E-state index contributed by atoms with van der Waals surface area (Å²) < 4.78 is 12.8. The highest BCUT2D eigenvalue weighted by Crippen LogP contribution is 2.01. The summed E-state index contributed by atoms with van der Waals surface area (Å²) in [5.74, 6) is 5.38. The summed E-state index contributed by atoms with van der Waals surface area (Å²) in [6.45, 7) is 0. The Hall–Kier alpha value is -2.14. The van der Waals surface area contributed by atoms with Crippen molar-refractivity contribution in [3.63, 3.8) is 0 Å². The summed E-state index contributed by atoms with van der Waals surface area (Å²) in [5, 5.41) is 0. The van der Waals surface area contributed by atoms with E-state index in [1.807, 2.05) is 6.07 Å². The summed E-state index contributed by atoms with van der Waals surface area (Å²) in [6, 6.07) is 11.4. The van der Waals surface area contributed by atoms with Crippen molar-refractivity contribution in [1.82, 2.24) is 4.98 Å². The maximum absolute atomic E-state index is 12.8. The van der Waals surface area contributed by atoms with E-state index in [4.69, 9.17) is 0 Å². The molecule has 0 unspecified atom stereocenters. The van der Waals surface area contributed by atoms with Crippen molar-refractivity contribution in [1.29, 1.82) is 0 Å². The van der Waals surface area contributed by atoms with Crippen LogP contribution in [0.4, 0.5) is 4.39 Å². The van der Waals surface area contributed by atoms with E-state index in [1.165, 1.54) is 12.1 Å². The van der Waals surface area contributed by atoms with E-state index in [1.54, 1.807) is 24.3 Å². The molecule has 0 aliphatic carbocycles. The molecule has 0 N–H and O–H groups in total. The Bertz CT molecular complexity index is 509. The van der Waals surface area contributed by atoms with Crippen LogP contribution in [0.25, 0.3) is 0 Å². The van der Waals surface area contributed by atoms with Crippen LogP contribution >= 0.6 is 0 Å². The third-order valence-corrected chi connectivity index (χ3v) is 1.77. The predicted molar refractivity (Wildman–Crippen MR) is 55.5 cm³/mol. The highest BCUT2D eigenvalue weighted by atomic mass is 19.1. The van der Waals surface area contributed by atoms with Crippen LogP contribution in [-0.2, 0) is 0 Å². The van der Waals surface area contributed by atoms with Crippen molar-refractivity contribution in [2.75, 3.05) is 0 Å². The minimum absolute atomic E-state index is 0.283. The number of halogens is 1. The van der Waals surface area contributed by atoms with Gasteiger partial charge in [-0.3, -0.25) is 0 Å². The van der Waals surface area contributed by atoms with Gasteiger partial charge in [0.15, 0.2) is 0 Å².